The fourth-order valence-corrected chi connectivity index (χ4v) is 4.95. The molecule has 2 amide bonds. The summed E-state index contributed by atoms with van der Waals surface area (Å²) in [6.45, 7) is 12.8. The third kappa shape index (κ3) is 12.4. The summed E-state index contributed by atoms with van der Waals surface area (Å²) in [7, 11) is 0. The van der Waals surface area contributed by atoms with Gasteiger partial charge in [0.2, 0.25) is 17.7 Å². The van der Waals surface area contributed by atoms with Crippen LogP contribution in [-0.2, 0) is 15.7 Å². The highest BCUT2D eigenvalue weighted by Crippen LogP contribution is 2.39. The number of halogens is 3. The first kappa shape index (κ1) is 37.6. The number of carbonyl (C=O) groups is 2. The number of hydrogen-bond acceptors (Lipinski definition) is 8. The second-order valence-electron chi connectivity index (χ2n) is 13.5. The molecule has 1 N–H and O–H groups in total. The fourth-order valence-electron chi connectivity index (χ4n) is 4.95. The molecule has 3 rings (SSSR count). The molecule has 0 saturated carbocycles. The zero-order valence-electron chi connectivity index (χ0n) is 28.5. The standard InChI is InChI=1S/C33H48F3N5O6/c1-8-9-10-11-12-13-14-20-44-25-18-17-22(21-23(25)33(34,35)36)26-37-27(47-40-26)24-16-15-19-41(24)28(38-29(42)45-31(2,3)4)39-30(43)46-32(5,6)7/h17-18,21,24H,8-16,19-20H2,1-7H3,(H,38,39,42,43)/t24-/m0/s1. The summed E-state index contributed by atoms with van der Waals surface area (Å²) >= 11 is 0. The van der Waals surface area contributed by atoms with Gasteiger partial charge in [-0.05, 0) is 79.0 Å². The first-order valence-corrected chi connectivity index (χ1v) is 16.2. The Morgan fingerprint density at radius 3 is 2.30 bits per heavy atom. The molecule has 0 spiro atoms. The minimum absolute atomic E-state index is 0.0540. The summed E-state index contributed by atoms with van der Waals surface area (Å²) in [4.78, 5) is 35.3. The van der Waals surface area contributed by atoms with Gasteiger partial charge in [0.05, 0.1) is 12.2 Å². The van der Waals surface area contributed by atoms with E-state index >= 15 is 0 Å². The van der Waals surface area contributed by atoms with Crippen LogP contribution in [0.15, 0.2) is 27.7 Å². The van der Waals surface area contributed by atoms with Crippen molar-refractivity contribution < 1.29 is 41.5 Å². The molecule has 2 aromatic rings. The normalized spacial score (nSPS) is 15.9. The summed E-state index contributed by atoms with van der Waals surface area (Å²) < 4.78 is 63.9. The number of guanidine groups is 1. The monoisotopic (exact) mass is 667 g/mol. The number of amides is 2. The first-order valence-electron chi connectivity index (χ1n) is 16.2. The number of ether oxygens (including phenoxy) is 3. The first-order chi connectivity index (χ1) is 22.0. The maximum Gasteiger partial charge on any atom is 0.437 e. The van der Waals surface area contributed by atoms with Crippen molar-refractivity contribution in [1.29, 1.82) is 0 Å². The highest BCUT2D eigenvalue weighted by molar-refractivity contribution is 5.99. The van der Waals surface area contributed by atoms with Gasteiger partial charge >= 0.3 is 18.4 Å². The second kappa shape index (κ2) is 16.3. The average Bonchev–Trinajstić information content (AvgIpc) is 3.62. The number of benzene rings is 1. The van der Waals surface area contributed by atoms with Crippen LogP contribution < -0.4 is 10.1 Å². The van der Waals surface area contributed by atoms with Crippen molar-refractivity contribution >= 4 is 18.1 Å². The molecule has 1 saturated heterocycles. The second-order valence-corrected chi connectivity index (χ2v) is 13.5. The smallest absolute Gasteiger partial charge is 0.437 e. The van der Waals surface area contributed by atoms with Crippen molar-refractivity contribution in [2.24, 2.45) is 4.99 Å². The molecule has 11 nitrogen and oxygen atoms in total. The summed E-state index contributed by atoms with van der Waals surface area (Å²) in [5.74, 6) is -0.374. The molecule has 2 heterocycles. The molecule has 0 unspecified atom stereocenters. The van der Waals surface area contributed by atoms with Crippen LogP contribution in [0.5, 0.6) is 5.75 Å². The number of rotatable bonds is 11. The highest BCUT2D eigenvalue weighted by Gasteiger charge is 2.37. The van der Waals surface area contributed by atoms with E-state index in [0.29, 0.717) is 25.8 Å². The van der Waals surface area contributed by atoms with Gasteiger partial charge in [-0.15, -0.1) is 4.99 Å². The highest BCUT2D eigenvalue weighted by atomic mass is 19.4. The van der Waals surface area contributed by atoms with Gasteiger partial charge in [-0.25, -0.2) is 9.59 Å². The van der Waals surface area contributed by atoms with E-state index < -0.39 is 41.2 Å². The molecule has 1 aliphatic heterocycles. The minimum Gasteiger partial charge on any atom is -0.493 e. The lowest BCUT2D eigenvalue weighted by Gasteiger charge is -2.27. The number of alkyl carbamates (subject to hydrolysis) is 1. The van der Waals surface area contributed by atoms with Crippen molar-refractivity contribution in [3.8, 4) is 17.1 Å². The van der Waals surface area contributed by atoms with Gasteiger partial charge in [0.25, 0.3) is 0 Å². The topological polar surface area (TPSA) is 128 Å². The number of likely N-dealkylation sites (tertiary alicyclic amines) is 1. The Labute approximate surface area is 274 Å². The van der Waals surface area contributed by atoms with Gasteiger partial charge in [0.1, 0.15) is 23.0 Å². The van der Waals surface area contributed by atoms with Gasteiger partial charge < -0.3 is 23.6 Å². The largest absolute Gasteiger partial charge is 0.493 e. The maximum atomic E-state index is 14.1. The van der Waals surface area contributed by atoms with Crippen molar-refractivity contribution in [3.05, 3.63) is 29.7 Å². The lowest BCUT2D eigenvalue weighted by Crippen LogP contribution is -2.46. The van der Waals surface area contributed by atoms with Crippen LogP contribution in [0.25, 0.3) is 11.4 Å². The van der Waals surface area contributed by atoms with Crippen LogP contribution in [0.2, 0.25) is 0 Å². The van der Waals surface area contributed by atoms with Crippen LogP contribution in [0.3, 0.4) is 0 Å². The number of aliphatic imine (C=N–C) groups is 1. The summed E-state index contributed by atoms with van der Waals surface area (Å²) in [6, 6.07) is 3.03. The Morgan fingerprint density at radius 2 is 1.66 bits per heavy atom. The quantitative estimate of drug-likeness (QED) is 0.142. The van der Waals surface area contributed by atoms with E-state index in [4.69, 9.17) is 18.7 Å². The zero-order chi connectivity index (χ0) is 34.8. The van der Waals surface area contributed by atoms with Crippen LogP contribution in [-0.4, -0.2) is 57.5 Å². The number of nitrogens with one attached hydrogen (secondary N) is 1. The van der Waals surface area contributed by atoms with E-state index in [1.54, 1.807) is 46.4 Å². The van der Waals surface area contributed by atoms with Crippen LogP contribution in [0.4, 0.5) is 22.8 Å². The SMILES string of the molecule is CCCCCCCCCOc1ccc(-c2noc([C@@H]3CCCN3C(=NC(=O)OC(C)(C)C)NC(=O)OC(C)(C)C)n2)cc1C(F)(F)F. The Hall–Kier alpha value is -3.84. The molecule has 1 fully saturated rings. The fraction of sp³-hybridized carbons (Fsp3) is 0.667. The molecular weight excluding hydrogens is 619 g/mol. The van der Waals surface area contributed by atoms with Crippen molar-refractivity contribution in [1.82, 2.24) is 20.4 Å². The number of nitrogens with zero attached hydrogens (tertiary/aromatic N) is 4. The zero-order valence-corrected chi connectivity index (χ0v) is 28.5. The number of unbranched alkanes of at least 4 members (excludes halogenated alkanes) is 6. The summed E-state index contributed by atoms with van der Waals surface area (Å²) in [6.07, 6.45) is 1.84. The number of aromatic nitrogens is 2. The average molecular weight is 668 g/mol. The molecule has 1 aromatic carbocycles. The van der Waals surface area contributed by atoms with Crippen molar-refractivity contribution in [2.45, 2.75) is 130 Å². The molecule has 1 aromatic heterocycles. The van der Waals surface area contributed by atoms with Crippen LogP contribution >= 0.6 is 0 Å². The van der Waals surface area contributed by atoms with E-state index in [-0.39, 0.29) is 35.6 Å². The third-order valence-electron chi connectivity index (χ3n) is 7.00. The van der Waals surface area contributed by atoms with Crippen molar-refractivity contribution in [2.75, 3.05) is 13.2 Å². The van der Waals surface area contributed by atoms with E-state index in [2.05, 4.69) is 27.4 Å². The molecule has 0 radical (unpaired) electrons. The van der Waals surface area contributed by atoms with Crippen LogP contribution in [0, 0.1) is 0 Å². The van der Waals surface area contributed by atoms with Crippen molar-refractivity contribution in [3.63, 3.8) is 0 Å². The van der Waals surface area contributed by atoms with Gasteiger partial charge in [-0.3, -0.25) is 5.32 Å². The molecule has 0 bridgehead atoms. The number of carbonyl (C=O) groups excluding carboxylic acids is 2. The molecule has 0 aliphatic carbocycles. The predicted octanol–water partition coefficient (Wildman–Crippen LogP) is 8.84. The molecule has 262 valence electrons. The Bertz CT molecular complexity index is 1360. The van der Waals surface area contributed by atoms with Crippen LogP contribution in [0.1, 0.15) is 124 Å². The summed E-state index contributed by atoms with van der Waals surface area (Å²) in [5, 5.41) is 6.47. The minimum atomic E-state index is -4.67. The van der Waals surface area contributed by atoms with Gasteiger partial charge in [-0.2, -0.15) is 18.2 Å². The third-order valence-corrected chi connectivity index (χ3v) is 7.00. The van der Waals surface area contributed by atoms with E-state index in [0.717, 1.165) is 38.2 Å². The number of hydrogen-bond donors (Lipinski definition) is 1. The van der Waals surface area contributed by atoms with E-state index in [1.807, 2.05) is 0 Å². The van der Waals surface area contributed by atoms with Gasteiger partial charge in [0.15, 0.2) is 0 Å². The molecule has 14 heteroatoms. The van der Waals surface area contributed by atoms with Gasteiger partial charge in [-0.1, -0.05) is 50.6 Å². The van der Waals surface area contributed by atoms with Gasteiger partial charge in [0, 0.05) is 12.1 Å². The molecule has 47 heavy (non-hydrogen) atoms. The molecule has 1 atom stereocenters. The lowest BCUT2D eigenvalue weighted by molar-refractivity contribution is -0.138. The Balaban J connectivity index is 1.80. The Morgan fingerprint density at radius 1 is 1.00 bits per heavy atom. The van der Waals surface area contributed by atoms with E-state index in [9.17, 15) is 22.8 Å². The predicted molar refractivity (Wildman–Crippen MR) is 170 cm³/mol. The van der Waals surface area contributed by atoms with E-state index in [1.165, 1.54) is 18.6 Å². The maximum absolute atomic E-state index is 14.1. The molecule has 1 aliphatic rings. The molecular formula is C33H48F3N5O6. The summed E-state index contributed by atoms with van der Waals surface area (Å²) in [5.41, 5.74) is -2.50. The number of alkyl halides is 3. The Kier molecular flexibility index (Phi) is 13.1. The lowest BCUT2D eigenvalue weighted by atomic mass is 10.1.